The maximum atomic E-state index is 12.8. The molecule has 3 rings (SSSR count). The molecular weight excluding hydrogens is 485 g/mol. The third-order valence-corrected chi connectivity index (χ3v) is 6.27. The first-order chi connectivity index (χ1) is 15.6. The number of rotatable bonds is 8. The summed E-state index contributed by atoms with van der Waals surface area (Å²) in [5.41, 5.74) is 1.55. The van der Waals surface area contributed by atoms with Crippen LogP contribution >= 0.6 is 23.2 Å². The van der Waals surface area contributed by atoms with Crippen molar-refractivity contribution in [3.8, 4) is 0 Å². The third-order valence-electron chi connectivity index (χ3n) is 4.61. The molecule has 10 heteroatoms. The van der Waals surface area contributed by atoms with Crippen LogP contribution in [-0.4, -0.2) is 33.0 Å². The van der Waals surface area contributed by atoms with Crippen molar-refractivity contribution in [1.82, 2.24) is 5.32 Å². The first-order valence-corrected chi connectivity index (χ1v) is 12.4. The fourth-order valence-corrected chi connectivity index (χ4v) is 4.48. The number of halogens is 2. The van der Waals surface area contributed by atoms with Crippen LogP contribution in [0.15, 0.2) is 72.8 Å². The fourth-order valence-electron chi connectivity index (χ4n) is 3.05. The van der Waals surface area contributed by atoms with E-state index in [1.165, 1.54) is 18.2 Å². The van der Waals surface area contributed by atoms with Gasteiger partial charge in [0.15, 0.2) is 0 Å². The first kappa shape index (κ1) is 24.6. The van der Waals surface area contributed by atoms with Crippen molar-refractivity contribution in [2.24, 2.45) is 0 Å². The van der Waals surface area contributed by atoms with E-state index in [0.717, 1.165) is 16.1 Å². The number of para-hydroxylation sites is 1. The van der Waals surface area contributed by atoms with Gasteiger partial charge in [0, 0.05) is 11.6 Å². The van der Waals surface area contributed by atoms with Crippen molar-refractivity contribution < 1.29 is 18.0 Å². The quantitative estimate of drug-likeness (QED) is 0.476. The van der Waals surface area contributed by atoms with Gasteiger partial charge in [-0.2, -0.15) is 0 Å². The summed E-state index contributed by atoms with van der Waals surface area (Å²) < 4.78 is 25.6. The molecule has 0 heterocycles. The van der Waals surface area contributed by atoms with Crippen LogP contribution in [0.2, 0.25) is 10.0 Å². The molecule has 0 bridgehead atoms. The van der Waals surface area contributed by atoms with Crippen molar-refractivity contribution in [3.05, 3.63) is 94.0 Å². The van der Waals surface area contributed by atoms with Gasteiger partial charge >= 0.3 is 0 Å². The molecule has 0 aliphatic carbocycles. The minimum absolute atomic E-state index is 0.0846. The minimum Gasteiger partial charge on any atom is -0.348 e. The van der Waals surface area contributed by atoms with Crippen LogP contribution in [0, 0.1) is 0 Å². The second-order valence-corrected chi connectivity index (χ2v) is 9.88. The standard InChI is InChI=1S/C23H21Cl2N3O4S/c1-33(31,32)28(21-12-11-17(24)13-19(21)25)15-22(29)27-20-10-6-5-9-18(20)23(30)26-14-16-7-3-2-4-8-16/h2-13H,14-15H2,1H3,(H,26,30)(H,27,29). The van der Waals surface area contributed by atoms with Crippen LogP contribution in [0.3, 0.4) is 0 Å². The van der Waals surface area contributed by atoms with Crippen LogP contribution in [0.5, 0.6) is 0 Å². The van der Waals surface area contributed by atoms with Crippen LogP contribution < -0.4 is 14.9 Å². The molecule has 0 aliphatic rings. The van der Waals surface area contributed by atoms with Crippen molar-refractivity contribution in [2.45, 2.75) is 6.54 Å². The lowest BCUT2D eigenvalue weighted by atomic mass is 10.1. The smallest absolute Gasteiger partial charge is 0.253 e. The van der Waals surface area contributed by atoms with Gasteiger partial charge in [-0.15, -0.1) is 0 Å². The van der Waals surface area contributed by atoms with Crippen molar-refractivity contribution in [3.63, 3.8) is 0 Å². The normalized spacial score (nSPS) is 11.0. The molecule has 0 fully saturated rings. The van der Waals surface area contributed by atoms with Crippen LogP contribution in [0.25, 0.3) is 0 Å². The molecule has 172 valence electrons. The Hall–Kier alpha value is -3.07. The molecule has 0 unspecified atom stereocenters. The Morgan fingerprint density at radius 2 is 1.61 bits per heavy atom. The Balaban J connectivity index is 1.76. The van der Waals surface area contributed by atoms with Crippen molar-refractivity contribution in [2.75, 3.05) is 22.4 Å². The minimum atomic E-state index is -3.84. The molecule has 7 nitrogen and oxygen atoms in total. The maximum absolute atomic E-state index is 12.8. The number of nitrogens with zero attached hydrogens (tertiary/aromatic N) is 1. The van der Waals surface area contributed by atoms with E-state index in [-0.39, 0.29) is 27.9 Å². The zero-order valence-corrected chi connectivity index (χ0v) is 19.9. The second kappa shape index (κ2) is 10.7. The van der Waals surface area contributed by atoms with Crippen molar-refractivity contribution in [1.29, 1.82) is 0 Å². The number of benzene rings is 3. The highest BCUT2D eigenvalue weighted by atomic mass is 35.5. The van der Waals surface area contributed by atoms with E-state index >= 15 is 0 Å². The number of hydrogen-bond donors (Lipinski definition) is 2. The van der Waals surface area contributed by atoms with Gasteiger partial charge < -0.3 is 10.6 Å². The highest BCUT2D eigenvalue weighted by molar-refractivity contribution is 7.92. The van der Waals surface area contributed by atoms with E-state index in [4.69, 9.17) is 23.2 Å². The van der Waals surface area contributed by atoms with Gasteiger partial charge in [-0.05, 0) is 35.9 Å². The SMILES string of the molecule is CS(=O)(=O)N(CC(=O)Nc1ccccc1C(=O)NCc1ccccc1)c1ccc(Cl)cc1Cl. The van der Waals surface area contributed by atoms with Gasteiger partial charge in [0.25, 0.3) is 5.91 Å². The van der Waals surface area contributed by atoms with Gasteiger partial charge in [-0.25, -0.2) is 8.42 Å². The molecule has 0 atom stereocenters. The Kier molecular flexibility index (Phi) is 7.97. The third kappa shape index (κ3) is 6.71. The predicted molar refractivity (Wildman–Crippen MR) is 131 cm³/mol. The molecule has 2 amide bonds. The second-order valence-electron chi connectivity index (χ2n) is 7.13. The topological polar surface area (TPSA) is 95.6 Å². The number of sulfonamides is 1. The predicted octanol–water partition coefficient (Wildman–Crippen LogP) is 4.33. The largest absolute Gasteiger partial charge is 0.348 e. The molecule has 2 N–H and O–H groups in total. The molecule has 3 aromatic carbocycles. The van der Waals surface area contributed by atoms with Crippen LogP contribution in [0.1, 0.15) is 15.9 Å². The molecule has 3 aromatic rings. The monoisotopic (exact) mass is 505 g/mol. The summed E-state index contributed by atoms with van der Waals surface area (Å²) in [7, 11) is -3.84. The number of carbonyl (C=O) groups excluding carboxylic acids is 2. The van der Waals surface area contributed by atoms with Gasteiger partial charge in [0.1, 0.15) is 6.54 Å². The summed E-state index contributed by atoms with van der Waals surface area (Å²) in [6.07, 6.45) is 0.968. The molecule has 0 aromatic heterocycles. The lowest BCUT2D eigenvalue weighted by Gasteiger charge is -2.23. The highest BCUT2D eigenvalue weighted by Gasteiger charge is 2.24. The molecule has 0 saturated heterocycles. The summed E-state index contributed by atoms with van der Waals surface area (Å²) in [4.78, 5) is 25.5. The van der Waals surface area contributed by atoms with Crippen LogP contribution in [-0.2, 0) is 21.4 Å². The molecule has 0 saturated carbocycles. The average Bonchev–Trinajstić information content (AvgIpc) is 2.77. The first-order valence-electron chi connectivity index (χ1n) is 9.79. The Morgan fingerprint density at radius 3 is 2.27 bits per heavy atom. The van der Waals surface area contributed by atoms with Gasteiger partial charge in [-0.3, -0.25) is 13.9 Å². The maximum Gasteiger partial charge on any atom is 0.253 e. The van der Waals surface area contributed by atoms with E-state index in [2.05, 4.69) is 10.6 Å². The summed E-state index contributed by atoms with van der Waals surface area (Å²) in [5.74, 6) is -1.02. The molecule has 0 aliphatic heterocycles. The van der Waals surface area contributed by atoms with Gasteiger partial charge in [0.2, 0.25) is 15.9 Å². The zero-order valence-electron chi connectivity index (χ0n) is 17.6. The Morgan fingerprint density at radius 1 is 0.939 bits per heavy atom. The number of nitrogens with one attached hydrogen (secondary N) is 2. The summed E-state index contributed by atoms with van der Waals surface area (Å²) in [6.45, 7) is -0.223. The number of hydrogen-bond acceptors (Lipinski definition) is 4. The lowest BCUT2D eigenvalue weighted by Crippen LogP contribution is -2.38. The molecule has 0 radical (unpaired) electrons. The van der Waals surface area contributed by atoms with Gasteiger partial charge in [-0.1, -0.05) is 65.7 Å². The van der Waals surface area contributed by atoms with Crippen LogP contribution in [0.4, 0.5) is 11.4 Å². The Bertz CT molecular complexity index is 1270. The van der Waals surface area contributed by atoms with Crippen molar-refractivity contribution >= 4 is 56.4 Å². The van der Waals surface area contributed by atoms with E-state index in [0.29, 0.717) is 11.6 Å². The number of anilines is 2. The van der Waals surface area contributed by atoms with E-state index in [9.17, 15) is 18.0 Å². The molecule has 0 spiro atoms. The molecular formula is C23H21Cl2N3O4S. The summed E-state index contributed by atoms with van der Waals surface area (Å²) in [5, 5.41) is 5.84. The fraction of sp³-hybridized carbons (Fsp3) is 0.130. The molecule has 33 heavy (non-hydrogen) atoms. The van der Waals surface area contributed by atoms with E-state index in [1.54, 1.807) is 24.3 Å². The lowest BCUT2D eigenvalue weighted by molar-refractivity contribution is -0.114. The summed E-state index contributed by atoms with van der Waals surface area (Å²) in [6, 6.07) is 20.1. The summed E-state index contributed by atoms with van der Waals surface area (Å²) >= 11 is 12.0. The Labute approximate surface area is 202 Å². The van der Waals surface area contributed by atoms with Gasteiger partial charge in [0.05, 0.1) is 28.2 Å². The number of carbonyl (C=O) groups is 2. The highest BCUT2D eigenvalue weighted by Crippen LogP contribution is 2.30. The number of amides is 2. The zero-order chi connectivity index (χ0) is 24.0. The van der Waals surface area contributed by atoms with E-state index < -0.39 is 22.5 Å². The van der Waals surface area contributed by atoms with E-state index in [1.807, 2.05) is 30.3 Å². The average molecular weight is 506 g/mol.